The van der Waals surface area contributed by atoms with E-state index in [1.807, 2.05) is 24.3 Å². The number of rotatable bonds is 5. The maximum absolute atomic E-state index is 16.0. The van der Waals surface area contributed by atoms with Crippen molar-refractivity contribution >= 4 is 17.6 Å². The van der Waals surface area contributed by atoms with E-state index in [1.54, 1.807) is 26.8 Å². The van der Waals surface area contributed by atoms with Crippen molar-refractivity contribution in [1.29, 1.82) is 0 Å². The zero-order valence-electron chi connectivity index (χ0n) is 20.0. The first-order valence-corrected chi connectivity index (χ1v) is 12.1. The molecule has 0 bridgehead atoms. The van der Waals surface area contributed by atoms with Gasteiger partial charge < -0.3 is 10.0 Å². The van der Waals surface area contributed by atoms with E-state index < -0.39 is 23.0 Å². The van der Waals surface area contributed by atoms with Gasteiger partial charge in [-0.2, -0.15) is 0 Å². The predicted molar refractivity (Wildman–Crippen MR) is 135 cm³/mol. The molecule has 0 saturated carbocycles. The number of carbonyl (C=O) groups is 1. The summed E-state index contributed by atoms with van der Waals surface area (Å²) in [6.45, 7) is 9.31. The van der Waals surface area contributed by atoms with E-state index >= 15 is 4.39 Å². The van der Waals surface area contributed by atoms with Crippen LogP contribution in [0.4, 0.5) is 4.39 Å². The van der Waals surface area contributed by atoms with Crippen molar-refractivity contribution in [3.05, 3.63) is 83.0 Å². The highest BCUT2D eigenvalue weighted by Gasteiger charge is 2.51. The van der Waals surface area contributed by atoms with Crippen molar-refractivity contribution in [2.75, 3.05) is 26.2 Å². The number of carboxylic acids is 1. The summed E-state index contributed by atoms with van der Waals surface area (Å²) in [5.74, 6) is -2.31. The fourth-order valence-electron chi connectivity index (χ4n) is 4.80. The topological polar surface area (TPSA) is 43.8 Å². The standard InChI is InChI=1S/C28H32ClFN2O2/c1-27(2,3)28(30)18-23(12-13-25(28)26(33)34)32-16-14-31(15-17-32)19-21-6-4-5-7-24(21)20-8-10-22(29)11-9-20/h4-13,18,25H,14-17,19H2,1-3H3,(H,33,34). The Bertz CT molecular complexity index is 1100. The van der Waals surface area contributed by atoms with Crippen molar-refractivity contribution in [2.45, 2.75) is 33.0 Å². The fourth-order valence-corrected chi connectivity index (χ4v) is 4.93. The molecule has 4 nitrogen and oxygen atoms in total. The molecule has 2 unspecified atom stereocenters. The normalized spacial score (nSPS) is 23.6. The molecule has 0 amide bonds. The second kappa shape index (κ2) is 9.55. The fraction of sp³-hybridized carbons (Fsp3) is 0.393. The van der Waals surface area contributed by atoms with Crippen LogP contribution >= 0.6 is 11.6 Å². The monoisotopic (exact) mass is 482 g/mol. The van der Waals surface area contributed by atoms with Gasteiger partial charge in [-0.05, 0) is 41.0 Å². The Kier molecular flexibility index (Phi) is 6.88. The molecule has 1 fully saturated rings. The van der Waals surface area contributed by atoms with Gasteiger partial charge in [0.15, 0.2) is 5.67 Å². The lowest BCUT2D eigenvalue weighted by molar-refractivity contribution is -0.146. The van der Waals surface area contributed by atoms with Gasteiger partial charge >= 0.3 is 5.97 Å². The molecular formula is C28H32ClFN2O2. The molecular weight excluding hydrogens is 451 g/mol. The van der Waals surface area contributed by atoms with E-state index in [9.17, 15) is 9.90 Å². The Hall–Kier alpha value is -2.63. The van der Waals surface area contributed by atoms with E-state index in [4.69, 9.17) is 11.6 Å². The van der Waals surface area contributed by atoms with Crippen molar-refractivity contribution in [3.8, 4) is 11.1 Å². The molecule has 2 aromatic rings. The lowest BCUT2D eigenvalue weighted by Crippen LogP contribution is -2.50. The average molecular weight is 483 g/mol. The SMILES string of the molecule is CC(C)(C)C1(F)C=C(N2CCN(Cc3ccccc3-c3ccc(Cl)cc3)CC2)C=CC1C(=O)O. The quantitative estimate of drug-likeness (QED) is 0.564. The summed E-state index contributed by atoms with van der Waals surface area (Å²) in [7, 11) is 0. The van der Waals surface area contributed by atoms with Gasteiger partial charge in [-0.25, -0.2) is 4.39 Å². The minimum Gasteiger partial charge on any atom is -0.481 e. The molecule has 2 aromatic carbocycles. The second-order valence-corrected chi connectivity index (χ2v) is 10.6. The Morgan fingerprint density at radius 3 is 2.35 bits per heavy atom. The summed E-state index contributed by atoms with van der Waals surface area (Å²) in [5.41, 5.74) is 1.60. The van der Waals surface area contributed by atoms with Gasteiger partial charge in [-0.1, -0.05) is 74.8 Å². The first-order valence-electron chi connectivity index (χ1n) is 11.7. The molecule has 1 aliphatic carbocycles. The molecule has 1 heterocycles. The number of halogens is 2. The summed E-state index contributed by atoms with van der Waals surface area (Å²) in [4.78, 5) is 16.3. The lowest BCUT2D eigenvalue weighted by atomic mass is 9.68. The minimum absolute atomic E-state index is 0.724. The minimum atomic E-state index is -1.95. The van der Waals surface area contributed by atoms with Crippen LogP contribution in [0.15, 0.2) is 72.5 Å². The van der Waals surface area contributed by atoms with Crippen LogP contribution in [0, 0.1) is 11.3 Å². The van der Waals surface area contributed by atoms with Crippen LogP contribution < -0.4 is 0 Å². The summed E-state index contributed by atoms with van der Waals surface area (Å²) in [5, 5.41) is 10.3. The summed E-state index contributed by atoms with van der Waals surface area (Å²) >= 11 is 6.06. The van der Waals surface area contributed by atoms with Gasteiger partial charge in [0.05, 0.1) is 0 Å². The van der Waals surface area contributed by atoms with Gasteiger partial charge in [0.25, 0.3) is 0 Å². The molecule has 1 N–H and O–H groups in total. The highest BCUT2D eigenvalue weighted by Crippen LogP contribution is 2.45. The number of piperazine rings is 1. The zero-order chi connectivity index (χ0) is 24.5. The molecule has 34 heavy (non-hydrogen) atoms. The van der Waals surface area contributed by atoms with E-state index in [1.165, 1.54) is 23.3 Å². The predicted octanol–water partition coefficient (Wildman–Crippen LogP) is 6.03. The van der Waals surface area contributed by atoms with Crippen LogP contribution in [-0.2, 0) is 11.3 Å². The highest BCUT2D eigenvalue weighted by molar-refractivity contribution is 6.30. The van der Waals surface area contributed by atoms with Gasteiger partial charge in [0.1, 0.15) is 5.92 Å². The van der Waals surface area contributed by atoms with Crippen molar-refractivity contribution < 1.29 is 14.3 Å². The van der Waals surface area contributed by atoms with E-state index in [0.29, 0.717) is 0 Å². The Balaban J connectivity index is 1.46. The lowest BCUT2D eigenvalue weighted by Gasteiger charge is -2.43. The third kappa shape index (κ3) is 4.91. The van der Waals surface area contributed by atoms with Crippen LogP contribution in [-0.4, -0.2) is 52.7 Å². The molecule has 180 valence electrons. The van der Waals surface area contributed by atoms with Crippen molar-refractivity contribution in [2.24, 2.45) is 11.3 Å². The van der Waals surface area contributed by atoms with Crippen molar-refractivity contribution in [3.63, 3.8) is 0 Å². The summed E-state index contributed by atoms with van der Waals surface area (Å²) in [6, 6.07) is 16.3. The largest absolute Gasteiger partial charge is 0.481 e. The average Bonchev–Trinajstić information content (AvgIpc) is 2.79. The number of hydrogen-bond acceptors (Lipinski definition) is 3. The smallest absolute Gasteiger partial charge is 0.314 e. The molecule has 1 aliphatic heterocycles. The number of benzene rings is 2. The van der Waals surface area contributed by atoms with E-state index in [0.717, 1.165) is 49.0 Å². The van der Waals surface area contributed by atoms with Gasteiger partial charge in [-0.3, -0.25) is 9.69 Å². The molecule has 2 atom stereocenters. The Labute approximate surface area is 206 Å². The molecule has 0 radical (unpaired) electrons. The zero-order valence-corrected chi connectivity index (χ0v) is 20.7. The number of hydrogen-bond donors (Lipinski definition) is 1. The molecule has 1 saturated heterocycles. The number of alkyl halides is 1. The van der Waals surface area contributed by atoms with Crippen LogP contribution in [0.1, 0.15) is 26.3 Å². The molecule has 2 aliphatic rings. The van der Waals surface area contributed by atoms with Crippen LogP contribution in [0.2, 0.25) is 5.02 Å². The number of allylic oxidation sites excluding steroid dienone is 2. The first-order chi connectivity index (χ1) is 16.1. The molecule has 4 rings (SSSR count). The number of aliphatic carboxylic acids is 1. The molecule has 0 spiro atoms. The summed E-state index contributed by atoms with van der Waals surface area (Å²) in [6.07, 6.45) is 4.82. The van der Waals surface area contributed by atoms with E-state index in [-0.39, 0.29) is 0 Å². The van der Waals surface area contributed by atoms with Gasteiger partial charge in [0, 0.05) is 48.9 Å². The summed E-state index contributed by atoms with van der Waals surface area (Å²) < 4.78 is 16.0. The molecule has 6 heteroatoms. The third-order valence-electron chi connectivity index (χ3n) is 6.99. The Morgan fingerprint density at radius 2 is 1.74 bits per heavy atom. The Morgan fingerprint density at radius 1 is 1.09 bits per heavy atom. The van der Waals surface area contributed by atoms with Gasteiger partial charge in [0.2, 0.25) is 0 Å². The number of nitrogens with zero attached hydrogens (tertiary/aromatic N) is 2. The number of carboxylic acid groups (broad SMARTS) is 1. The van der Waals surface area contributed by atoms with Crippen LogP contribution in [0.25, 0.3) is 11.1 Å². The third-order valence-corrected chi connectivity index (χ3v) is 7.24. The van der Waals surface area contributed by atoms with Gasteiger partial charge in [-0.15, -0.1) is 0 Å². The maximum Gasteiger partial charge on any atom is 0.314 e. The highest BCUT2D eigenvalue weighted by atomic mass is 35.5. The first kappa shape index (κ1) is 24.5. The second-order valence-electron chi connectivity index (χ2n) is 10.2. The van der Waals surface area contributed by atoms with Crippen molar-refractivity contribution in [1.82, 2.24) is 9.80 Å². The molecule has 0 aromatic heterocycles. The van der Waals surface area contributed by atoms with Crippen LogP contribution in [0.5, 0.6) is 0 Å². The van der Waals surface area contributed by atoms with Crippen LogP contribution in [0.3, 0.4) is 0 Å². The maximum atomic E-state index is 16.0. The van der Waals surface area contributed by atoms with E-state index in [2.05, 4.69) is 34.1 Å².